The molecule has 3 N–H and O–H groups in total. The van der Waals surface area contributed by atoms with Gasteiger partial charge in [-0.15, -0.1) is 0 Å². The molecule has 0 radical (unpaired) electrons. The summed E-state index contributed by atoms with van der Waals surface area (Å²) in [6, 6.07) is -0.568. The molecular formula is C59H113NO5. The Balaban J connectivity index is 3.51. The topological polar surface area (TPSA) is 95.9 Å². The van der Waals surface area contributed by atoms with E-state index in [1.165, 1.54) is 205 Å². The maximum absolute atomic E-state index is 12.5. The minimum absolute atomic E-state index is 0.0429. The lowest BCUT2D eigenvalue weighted by molar-refractivity contribution is -0.143. The number of carbonyl (C=O) groups excluding carboxylic acids is 2. The summed E-state index contributed by atoms with van der Waals surface area (Å²) < 4.78 is 5.44. The molecule has 0 aromatic heterocycles. The summed E-state index contributed by atoms with van der Waals surface area (Å²) in [6.45, 7) is 4.88. The number of aliphatic hydroxyl groups excluding tert-OH is 2. The Hall–Kier alpha value is -1.66. The van der Waals surface area contributed by atoms with Gasteiger partial charge in [-0.1, -0.05) is 250 Å². The highest BCUT2D eigenvalue weighted by atomic mass is 16.5. The molecule has 2 atom stereocenters. The van der Waals surface area contributed by atoms with Crippen LogP contribution in [-0.4, -0.2) is 47.4 Å². The first-order valence-electron chi connectivity index (χ1n) is 29.1. The third kappa shape index (κ3) is 51.6. The van der Waals surface area contributed by atoms with Crippen molar-refractivity contribution in [3.8, 4) is 0 Å². The molecule has 384 valence electrons. The van der Waals surface area contributed by atoms with Crippen molar-refractivity contribution in [3.05, 3.63) is 24.3 Å². The van der Waals surface area contributed by atoms with Crippen LogP contribution >= 0.6 is 0 Å². The lowest BCUT2D eigenvalue weighted by Crippen LogP contribution is -2.45. The number of hydrogen-bond donors (Lipinski definition) is 3. The van der Waals surface area contributed by atoms with E-state index in [-0.39, 0.29) is 18.5 Å². The van der Waals surface area contributed by atoms with Gasteiger partial charge in [-0.05, 0) is 77.0 Å². The smallest absolute Gasteiger partial charge is 0.305 e. The van der Waals surface area contributed by atoms with Crippen LogP contribution in [0.4, 0.5) is 0 Å². The number of rotatable bonds is 54. The van der Waals surface area contributed by atoms with E-state index >= 15 is 0 Å². The van der Waals surface area contributed by atoms with Gasteiger partial charge in [-0.2, -0.15) is 0 Å². The predicted octanol–water partition coefficient (Wildman–Crippen LogP) is 17.9. The van der Waals surface area contributed by atoms with Crippen molar-refractivity contribution in [2.75, 3.05) is 13.2 Å². The number of hydrogen-bond acceptors (Lipinski definition) is 5. The predicted molar refractivity (Wildman–Crippen MR) is 283 cm³/mol. The van der Waals surface area contributed by atoms with Gasteiger partial charge in [0.25, 0.3) is 0 Å². The Bertz CT molecular complexity index is 1010. The standard InChI is InChI=1S/C59H113NO5/c1-3-5-7-9-11-13-15-17-19-21-22-23-24-25-26-27-29-31-35-39-43-47-51-57(62)56(55-61)60-58(63)52-48-44-40-36-33-34-38-42-46-50-54-65-59(64)53-49-45-41-37-32-30-28-20-18-16-14-12-10-8-6-4-2/h20,28,34,38,56-57,61-62H,3-19,21-27,29-33,35-37,39-55H2,1-2H3,(H,60,63)/b28-20-,38-34-. The fraction of sp³-hybridized carbons (Fsp3) is 0.898. The van der Waals surface area contributed by atoms with Crippen LogP contribution in [0.25, 0.3) is 0 Å². The summed E-state index contributed by atoms with van der Waals surface area (Å²) in [6.07, 6.45) is 66.0. The van der Waals surface area contributed by atoms with Crippen molar-refractivity contribution in [3.63, 3.8) is 0 Å². The van der Waals surface area contributed by atoms with Gasteiger partial charge in [-0.3, -0.25) is 9.59 Å². The quantitative estimate of drug-likeness (QED) is 0.0321. The molecule has 0 spiro atoms. The van der Waals surface area contributed by atoms with Crippen molar-refractivity contribution in [2.24, 2.45) is 0 Å². The van der Waals surface area contributed by atoms with E-state index in [1.807, 2.05) is 0 Å². The highest BCUT2D eigenvalue weighted by Crippen LogP contribution is 2.17. The minimum Gasteiger partial charge on any atom is -0.466 e. The summed E-state index contributed by atoms with van der Waals surface area (Å²) in [5.41, 5.74) is 0. The lowest BCUT2D eigenvalue weighted by Gasteiger charge is -2.22. The van der Waals surface area contributed by atoms with Gasteiger partial charge in [0.15, 0.2) is 0 Å². The lowest BCUT2D eigenvalue weighted by atomic mass is 10.0. The number of allylic oxidation sites excluding steroid dienone is 4. The molecule has 0 aliphatic heterocycles. The normalized spacial score (nSPS) is 12.7. The zero-order valence-corrected chi connectivity index (χ0v) is 43.7. The average Bonchev–Trinajstić information content (AvgIpc) is 3.31. The molecule has 0 aromatic rings. The third-order valence-corrected chi connectivity index (χ3v) is 13.5. The fourth-order valence-electron chi connectivity index (χ4n) is 8.98. The van der Waals surface area contributed by atoms with Crippen LogP contribution in [0, 0.1) is 0 Å². The fourth-order valence-corrected chi connectivity index (χ4v) is 8.98. The third-order valence-electron chi connectivity index (χ3n) is 13.5. The van der Waals surface area contributed by atoms with Gasteiger partial charge in [-0.25, -0.2) is 0 Å². The minimum atomic E-state index is -0.687. The second-order valence-electron chi connectivity index (χ2n) is 20.0. The van der Waals surface area contributed by atoms with Crippen LogP contribution in [0.3, 0.4) is 0 Å². The first-order valence-corrected chi connectivity index (χ1v) is 29.1. The summed E-state index contributed by atoms with van der Waals surface area (Å²) in [7, 11) is 0. The molecule has 0 fully saturated rings. The van der Waals surface area contributed by atoms with E-state index in [0.29, 0.717) is 25.9 Å². The molecule has 0 bridgehead atoms. The first-order chi connectivity index (χ1) is 32.0. The largest absolute Gasteiger partial charge is 0.466 e. The van der Waals surface area contributed by atoms with E-state index in [4.69, 9.17) is 4.74 Å². The van der Waals surface area contributed by atoms with Crippen molar-refractivity contribution < 1.29 is 24.5 Å². The molecule has 6 heteroatoms. The van der Waals surface area contributed by atoms with Gasteiger partial charge in [0.05, 0.1) is 25.4 Å². The van der Waals surface area contributed by atoms with E-state index in [9.17, 15) is 19.8 Å². The Morgan fingerprint density at radius 2 is 0.723 bits per heavy atom. The van der Waals surface area contributed by atoms with Gasteiger partial charge in [0.2, 0.25) is 5.91 Å². The molecule has 1 amide bonds. The van der Waals surface area contributed by atoms with Crippen molar-refractivity contribution in [2.45, 2.75) is 328 Å². The maximum atomic E-state index is 12.5. The molecule has 0 aromatic carbocycles. The molecule has 0 aliphatic rings. The maximum Gasteiger partial charge on any atom is 0.305 e. The highest BCUT2D eigenvalue weighted by molar-refractivity contribution is 5.76. The molecular weight excluding hydrogens is 803 g/mol. The van der Waals surface area contributed by atoms with Crippen molar-refractivity contribution >= 4 is 11.9 Å². The molecule has 65 heavy (non-hydrogen) atoms. The second kappa shape index (κ2) is 54.9. The number of nitrogens with one attached hydrogen (secondary N) is 1. The van der Waals surface area contributed by atoms with Gasteiger partial charge in [0, 0.05) is 12.8 Å². The molecule has 0 rings (SSSR count). The SMILES string of the molecule is CCCCCCCCC/C=C\CCCCCCCC(=O)OCCCC/C=C\CCCCCCC(=O)NC(CO)C(O)CCCCCCCCCCCCCCCCCCCCCCCC. The zero-order valence-electron chi connectivity index (χ0n) is 43.7. The zero-order chi connectivity index (χ0) is 47.2. The average molecular weight is 917 g/mol. The van der Waals surface area contributed by atoms with Crippen LogP contribution < -0.4 is 5.32 Å². The van der Waals surface area contributed by atoms with Crippen molar-refractivity contribution in [1.82, 2.24) is 5.32 Å². The Morgan fingerprint density at radius 3 is 1.09 bits per heavy atom. The Morgan fingerprint density at radius 1 is 0.415 bits per heavy atom. The Kier molecular flexibility index (Phi) is 53.5. The van der Waals surface area contributed by atoms with Crippen LogP contribution in [0.1, 0.15) is 316 Å². The molecule has 2 unspecified atom stereocenters. The second-order valence-corrected chi connectivity index (χ2v) is 20.0. The summed E-state index contributed by atoms with van der Waals surface area (Å²) in [5.74, 6) is -0.111. The van der Waals surface area contributed by atoms with Gasteiger partial charge < -0.3 is 20.3 Å². The molecule has 0 saturated carbocycles. The number of unbranched alkanes of at least 4 members (excludes halogenated alkanes) is 39. The number of amides is 1. The summed E-state index contributed by atoms with van der Waals surface area (Å²) >= 11 is 0. The van der Waals surface area contributed by atoms with Crippen LogP contribution in [0.15, 0.2) is 24.3 Å². The van der Waals surface area contributed by atoms with E-state index < -0.39 is 12.1 Å². The van der Waals surface area contributed by atoms with Gasteiger partial charge >= 0.3 is 5.97 Å². The monoisotopic (exact) mass is 916 g/mol. The number of esters is 1. The van der Waals surface area contributed by atoms with E-state index in [1.54, 1.807) is 0 Å². The van der Waals surface area contributed by atoms with Crippen LogP contribution in [-0.2, 0) is 14.3 Å². The van der Waals surface area contributed by atoms with E-state index in [2.05, 4.69) is 43.5 Å². The summed E-state index contributed by atoms with van der Waals surface area (Å²) in [5, 5.41) is 23.3. The van der Waals surface area contributed by atoms with Crippen LogP contribution in [0.5, 0.6) is 0 Å². The number of aliphatic hydroxyl groups is 2. The Labute approximate surface area is 405 Å². The van der Waals surface area contributed by atoms with Crippen LogP contribution in [0.2, 0.25) is 0 Å². The first kappa shape index (κ1) is 63.3. The molecule has 0 aliphatic carbocycles. The van der Waals surface area contributed by atoms with E-state index in [0.717, 1.165) is 77.0 Å². The molecule has 6 nitrogen and oxygen atoms in total. The number of ether oxygens (including phenoxy) is 1. The van der Waals surface area contributed by atoms with Crippen molar-refractivity contribution in [1.29, 1.82) is 0 Å². The van der Waals surface area contributed by atoms with Gasteiger partial charge in [0.1, 0.15) is 0 Å². The highest BCUT2D eigenvalue weighted by Gasteiger charge is 2.20. The molecule has 0 saturated heterocycles. The number of carbonyl (C=O) groups is 2. The summed E-state index contributed by atoms with van der Waals surface area (Å²) in [4.78, 5) is 24.5. The molecule has 0 heterocycles.